The number of fused-ring (bicyclic) bond motifs is 2. The van der Waals surface area contributed by atoms with Crippen molar-refractivity contribution in [2.75, 3.05) is 31.6 Å². The molecule has 0 aliphatic carbocycles. The molecule has 108 valence electrons. The van der Waals surface area contributed by atoms with Crippen molar-refractivity contribution in [3.63, 3.8) is 0 Å². The third-order valence-corrected chi connectivity index (χ3v) is 4.34. The molecule has 2 fully saturated rings. The van der Waals surface area contributed by atoms with Gasteiger partial charge in [-0.2, -0.15) is 0 Å². The summed E-state index contributed by atoms with van der Waals surface area (Å²) in [7, 11) is 1.31. The maximum absolute atomic E-state index is 11.6. The summed E-state index contributed by atoms with van der Waals surface area (Å²) in [4.78, 5) is 20.8. The Morgan fingerprint density at radius 3 is 2.75 bits per heavy atom. The average molecular weight is 276 g/mol. The molecule has 2 aliphatic heterocycles. The van der Waals surface area contributed by atoms with E-state index in [4.69, 9.17) is 5.21 Å². The van der Waals surface area contributed by atoms with Crippen LogP contribution in [0.15, 0.2) is 18.3 Å². The first kappa shape index (κ1) is 13.3. The van der Waals surface area contributed by atoms with E-state index >= 15 is 0 Å². The normalized spacial score (nSPS) is 25.2. The number of carbonyl (C=O) groups is 1. The van der Waals surface area contributed by atoms with E-state index in [-0.39, 0.29) is 0 Å². The maximum Gasteiger partial charge on any atom is 0.278 e. The predicted molar refractivity (Wildman–Crippen MR) is 74.9 cm³/mol. The first-order valence-electron chi connectivity index (χ1n) is 7.03. The average Bonchev–Trinajstić information content (AvgIpc) is 3.06. The van der Waals surface area contributed by atoms with Gasteiger partial charge in [0.05, 0.1) is 5.56 Å². The quantitative estimate of drug-likeness (QED) is 0.654. The van der Waals surface area contributed by atoms with Crippen LogP contribution in [0.2, 0.25) is 0 Å². The molecule has 6 nitrogen and oxygen atoms in total. The molecule has 1 amide bonds. The van der Waals surface area contributed by atoms with E-state index < -0.39 is 5.91 Å². The van der Waals surface area contributed by atoms with Gasteiger partial charge in [-0.1, -0.05) is 6.92 Å². The molecule has 2 aliphatic rings. The Hall–Kier alpha value is -1.66. The summed E-state index contributed by atoms with van der Waals surface area (Å²) in [5.74, 6) is 0.481. The molecular formula is C14H20N4O2. The van der Waals surface area contributed by atoms with Crippen LogP contribution in [0.3, 0.4) is 0 Å². The second-order valence-electron chi connectivity index (χ2n) is 5.52. The Labute approximate surface area is 118 Å². The van der Waals surface area contributed by atoms with Crippen molar-refractivity contribution in [2.24, 2.45) is 0 Å². The summed E-state index contributed by atoms with van der Waals surface area (Å²) in [6, 6.07) is 4.76. The Morgan fingerprint density at radius 2 is 2.25 bits per heavy atom. The fourth-order valence-electron chi connectivity index (χ4n) is 3.29. The van der Waals surface area contributed by atoms with Gasteiger partial charge in [0, 0.05) is 38.4 Å². The molecule has 1 N–H and O–H groups in total. The molecule has 2 atom stereocenters. The van der Waals surface area contributed by atoms with Crippen LogP contribution in [0, 0.1) is 0 Å². The van der Waals surface area contributed by atoms with Crippen molar-refractivity contribution in [1.29, 1.82) is 0 Å². The highest BCUT2D eigenvalue weighted by molar-refractivity contribution is 5.93. The van der Waals surface area contributed by atoms with Crippen LogP contribution in [0.5, 0.6) is 0 Å². The second kappa shape index (κ2) is 5.03. The zero-order valence-electron chi connectivity index (χ0n) is 11.9. The summed E-state index contributed by atoms with van der Waals surface area (Å²) in [6.45, 7) is 5.43. The Bertz CT molecular complexity index is 502. The van der Waals surface area contributed by atoms with Gasteiger partial charge in [-0.25, -0.2) is 10.0 Å². The van der Waals surface area contributed by atoms with Crippen LogP contribution in [0.4, 0.5) is 5.82 Å². The number of rotatable bonds is 3. The van der Waals surface area contributed by atoms with Gasteiger partial charge in [0.25, 0.3) is 5.91 Å². The molecule has 1 unspecified atom stereocenters. The highest BCUT2D eigenvalue weighted by Gasteiger charge is 2.42. The Morgan fingerprint density at radius 1 is 1.45 bits per heavy atom. The number of carbonyl (C=O) groups excluding carboxylic acids is 1. The smallest absolute Gasteiger partial charge is 0.278 e. The van der Waals surface area contributed by atoms with Crippen LogP contribution in [0.25, 0.3) is 0 Å². The van der Waals surface area contributed by atoms with Gasteiger partial charge in [0.1, 0.15) is 5.82 Å². The minimum absolute atomic E-state index is 0.401. The van der Waals surface area contributed by atoms with Crippen molar-refractivity contribution >= 4 is 11.7 Å². The molecule has 2 saturated heterocycles. The Kier molecular flexibility index (Phi) is 3.35. The minimum Gasteiger partial charge on any atom is -0.351 e. The molecule has 6 heteroatoms. The number of likely N-dealkylation sites (N-methyl/N-ethyl adjacent to an activating group) is 1. The van der Waals surface area contributed by atoms with Crippen LogP contribution in [-0.2, 0) is 0 Å². The molecule has 2 bridgehead atoms. The summed E-state index contributed by atoms with van der Waals surface area (Å²) >= 11 is 0. The number of nitrogens with zero attached hydrogens (tertiary/aromatic N) is 4. The first-order valence-corrected chi connectivity index (χ1v) is 7.03. The fourth-order valence-corrected chi connectivity index (χ4v) is 3.29. The maximum atomic E-state index is 11.6. The summed E-state index contributed by atoms with van der Waals surface area (Å²) < 4.78 is 0. The first-order chi connectivity index (χ1) is 9.60. The molecular weight excluding hydrogens is 256 g/mol. The van der Waals surface area contributed by atoms with E-state index in [2.05, 4.69) is 21.7 Å². The molecule has 1 aromatic heterocycles. The third-order valence-electron chi connectivity index (χ3n) is 4.34. The molecule has 0 aromatic carbocycles. The van der Waals surface area contributed by atoms with Crippen molar-refractivity contribution in [3.8, 4) is 0 Å². The molecule has 1 aromatic rings. The number of hydrogen-bond donors (Lipinski definition) is 1. The second-order valence-corrected chi connectivity index (χ2v) is 5.52. The number of aromatic nitrogens is 1. The van der Waals surface area contributed by atoms with Crippen molar-refractivity contribution in [2.45, 2.75) is 25.4 Å². The number of amides is 1. The summed E-state index contributed by atoms with van der Waals surface area (Å²) in [5, 5.41) is 9.71. The topological polar surface area (TPSA) is 59.9 Å². The lowest BCUT2D eigenvalue weighted by Crippen LogP contribution is -2.46. The van der Waals surface area contributed by atoms with Gasteiger partial charge in [-0.3, -0.25) is 14.9 Å². The highest BCUT2D eigenvalue weighted by Crippen LogP contribution is 2.33. The SMILES string of the molecule is CCN1CC2C[C@H]1CN2c1ccc(C(=O)N(C)O)cn1. The standard InChI is InChI=1S/C14H20N4O2/c1-3-17-8-12-6-11(17)9-18(12)13-5-4-10(7-15-13)14(19)16(2)20/h4-5,7,11-12,20H,3,6,8-9H2,1-2H3/t11-,12?/m0/s1. The monoisotopic (exact) mass is 276 g/mol. The van der Waals surface area contributed by atoms with E-state index in [0.29, 0.717) is 22.7 Å². The van der Waals surface area contributed by atoms with E-state index in [9.17, 15) is 4.79 Å². The number of anilines is 1. The van der Waals surface area contributed by atoms with Gasteiger partial charge in [-0.05, 0) is 25.1 Å². The number of piperazine rings is 1. The lowest BCUT2D eigenvalue weighted by molar-refractivity contribution is -0.0375. The molecule has 0 saturated carbocycles. The lowest BCUT2D eigenvalue weighted by Gasteiger charge is -2.34. The fraction of sp³-hybridized carbons (Fsp3) is 0.571. The number of pyridine rings is 1. The predicted octanol–water partition coefficient (Wildman–Crippen LogP) is 0.826. The van der Waals surface area contributed by atoms with Gasteiger partial charge in [-0.15, -0.1) is 0 Å². The van der Waals surface area contributed by atoms with Gasteiger partial charge in [0.2, 0.25) is 0 Å². The lowest BCUT2D eigenvalue weighted by atomic mass is 10.2. The zero-order chi connectivity index (χ0) is 14.3. The highest BCUT2D eigenvalue weighted by atomic mass is 16.5. The van der Waals surface area contributed by atoms with Crippen LogP contribution in [-0.4, -0.2) is 64.8 Å². The van der Waals surface area contributed by atoms with Gasteiger partial charge in [0.15, 0.2) is 0 Å². The van der Waals surface area contributed by atoms with E-state index in [0.717, 1.165) is 25.5 Å². The molecule has 3 rings (SSSR count). The summed E-state index contributed by atoms with van der Waals surface area (Å²) in [5.41, 5.74) is 0.401. The van der Waals surface area contributed by atoms with E-state index in [1.807, 2.05) is 6.07 Å². The molecule has 20 heavy (non-hydrogen) atoms. The third kappa shape index (κ3) is 2.14. The van der Waals surface area contributed by atoms with E-state index in [1.165, 1.54) is 19.7 Å². The van der Waals surface area contributed by atoms with Crippen molar-refractivity contribution < 1.29 is 10.0 Å². The molecule has 3 heterocycles. The van der Waals surface area contributed by atoms with Gasteiger partial charge < -0.3 is 4.90 Å². The number of hydrogen-bond acceptors (Lipinski definition) is 5. The van der Waals surface area contributed by atoms with Crippen LogP contribution >= 0.6 is 0 Å². The number of likely N-dealkylation sites (tertiary alicyclic amines) is 1. The molecule has 0 radical (unpaired) electrons. The minimum atomic E-state index is -0.441. The zero-order valence-corrected chi connectivity index (χ0v) is 11.9. The van der Waals surface area contributed by atoms with Crippen molar-refractivity contribution in [3.05, 3.63) is 23.9 Å². The van der Waals surface area contributed by atoms with E-state index in [1.54, 1.807) is 6.07 Å². The van der Waals surface area contributed by atoms with Crippen LogP contribution < -0.4 is 4.90 Å². The molecule has 0 spiro atoms. The van der Waals surface area contributed by atoms with Crippen LogP contribution in [0.1, 0.15) is 23.7 Å². The largest absolute Gasteiger partial charge is 0.351 e. The van der Waals surface area contributed by atoms with Gasteiger partial charge >= 0.3 is 0 Å². The number of hydroxylamine groups is 2. The van der Waals surface area contributed by atoms with Crippen molar-refractivity contribution in [1.82, 2.24) is 14.9 Å². The Balaban J connectivity index is 1.72. The summed E-state index contributed by atoms with van der Waals surface area (Å²) in [6.07, 6.45) is 2.74.